The predicted octanol–water partition coefficient (Wildman–Crippen LogP) is 4.02. The number of rotatable bonds is 6. The van der Waals surface area contributed by atoms with Crippen molar-refractivity contribution in [1.29, 1.82) is 0 Å². The highest BCUT2D eigenvalue weighted by Crippen LogP contribution is 2.31. The summed E-state index contributed by atoms with van der Waals surface area (Å²) in [6, 6.07) is 9.33. The highest BCUT2D eigenvalue weighted by Gasteiger charge is 2.38. The first-order chi connectivity index (χ1) is 14.7. The van der Waals surface area contributed by atoms with E-state index >= 15 is 0 Å². The molecule has 164 valence electrons. The maximum absolute atomic E-state index is 13.4. The summed E-state index contributed by atoms with van der Waals surface area (Å²) in [5.41, 5.74) is -2.51. The molecule has 1 heterocycles. The van der Waals surface area contributed by atoms with Gasteiger partial charge in [-0.3, -0.25) is 14.2 Å². The summed E-state index contributed by atoms with van der Waals surface area (Å²) < 4.78 is 51.5. The van der Waals surface area contributed by atoms with E-state index in [0.717, 1.165) is 4.57 Å². The van der Waals surface area contributed by atoms with Crippen molar-refractivity contribution in [3.63, 3.8) is 0 Å². The number of methoxy groups -OCH3 is 2. The number of fused-ring (bicyclic) bond motifs is 1. The molecule has 1 N–H and O–H groups in total. The molecule has 2 aromatic carbocycles. The minimum Gasteiger partial charge on any atom is -0.493 e. The summed E-state index contributed by atoms with van der Waals surface area (Å²) in [7, 11) is 2.89. The van der Waals surface area contributed by atoms with Crippen LogP contribution in [0.1, 0.15) is 25.1 Å². The van der Waals surface area contributed by atoms with Crippen LogP contribution in [0.5, 0.6) is 11.5 Å². The van der Waals surface area contributed by atoms with E-state index in [4.69, 9.17) is 9.47 Å². The van der Waals surface area contributed by atoms with E-state index in [0.29, 0.717) is 17.2 Å². The van der Waals surface area contributed by atoms with E-state index < -0.39 is 29.4 Å². The molecule has 0 bridgehead atoms. The molecule has 10 heteroatoms. The third-order valence-corrected chi connectivity index (χ3v) is 4.72. The summed E-state index contributed by atoms with van der Waals surface area (Å²) in [6.45, 7) is 1.60. The lowest BCUT2D eigenvalue weighted by Crippen LogP contribution is -2.37. The molecule has 7 nitrogen and oxygen atoms in total. The van der Waals surface area contributed by atoms with Gasteiger partial charge in [-0.05, 0) is 30.7 Å². The van der Waals surface area contributed by atoms with Crippen LogP contribution in [0, 0.1) is 0 Å². The standard InChI is InChI=1S/C21H20F3N3O4/c1-4-14(19(28)25-12-9-10-16(30-2)17(11-12)31-3)27-15-8-6-5-7-13(15)26-18(20(27)29)21(22,23)24/h5-11,14H,4H2,1-3H3,(H,25,28). The number of nitrogens with one attached hydrogen (secondary N) is 1. The number of hydrogen-bond acceptors (Lipinski definition) is 5. The van der Waals surface area contributed by atoms with Crippen LogP contribution in [0.2, 0.25) is 0 Å². The van der Waals surface area contributed by atoms with Crippen molar-refractivity contribution in [1.82, 2.24) is 9.55 Å². The Kier molecular flexibility index (Phi) is 6.19. The second-order valence-electron chi connectivity index (χ2n) is 6.61. The van der Waals surface area contributed by atoms with Crippen molar-refractivity contribution in [2.75, 3.05) is 19.5 Å². The summed E-state index contributed by atoms with van der Waals surface area (Å²) >= 11 is 0. The van der Waals surface area contributed by atoms with Crippen molar-refractivity contribution < 1.29 is 27.4 Å². The molecule has 0 spiro atoms. The van der Waals surface area contributed by atoms with Crippen molar-refractivity contribution >= 4 is 22.6 Å². The number of anilines is 1. The van der Waals surface area contributed by atoms with Crippen molar-refractivity contribution in [2.24, 2.45) is 0 Å². The first-order valence-corrected chi connectivity index (χ1v) is 9.32. The summed E-state index contributed by atoms with van der Waals surface area (Å²) in [6.07, 6.45) is -4.88. The van der Waals surface area contributed by atoms with Crippen molar-refractivity contribution in [3.05, 3.63) is 58.5 Å². The molecule has 3 aromatic rings. The Morgan fingerprint density at radius 2 is 1.81 bits per heavy atom. The minimum atomic E-state index is -4.96. The molecule has 0 aliphatic carbocycles. The molecule has 0 fully saturated rings. The number of amides is 1. The number of hydrogen-bond donors (Lipinski definition) is 1. The average molecular weight is 435 g/mol. The SMILES string of the molecule is CCC(C(=O)Nc1ccc(OC)c(OC)c1)n1c(=O)c(C(F)(F)F)nc2ccccc21. The van der Waals surface area contributed by atoms with Crippen LogP contribution < -0.4 is 20.3 Å². The van der Waals surface area contributed by atoms with Crippen LogP contribution in [0.15, 0.2) is 47.3 Å². The Labute approximate surface area is 175 Å². The van der Waals surface area contributed by atoms with E-state index in [1.807, 2.05) is 0 Å². The fourth-order valence-corrected chi connectivity index (χ4v) is 3.27. The number of nitrogens with zero attached hydrogens (tertiary/aromatic N) is 2. The Bertz CT molecular complexity index is 1170. The van der Waals surface area contributed by atoms with Crippen molar-refractivity contribution in [2.45, 2.75) is 25.6 Å². The number of para-hydroxylation sites is 2. The number of carbonyl (C=O) groups excluding carboxylic acids is 1. The molecular weight excluding hydrogens is 415 g/mol. The topological polar surface area (TPSA) is 82.5 Å². The second-order valence-corrected chi connectivity index (χ2v) is 6.61. The maximum Gasteiger partial charge on any atom is 0.438 e. The van der Waals surface area contributed by atoms with Crippen molar-refractivity contribution in [3.8, 4) is 11.5 Å². The van der Waals surface area contributed by atoms with Gasteiger partial charge >= 0.3 is 6.18 Å². The fraction of sp³-hybridized carbons (Fsp3) is 0.286. The number of alkyl halides is 3. The molecule has 1 aromatic heterocycles. The Balaban J connectivity index is 2.09. The van der Waals surface area contributed by atoms with Gasteiger partial charge in [0.1, 0.15) is 6.04 Å². The van der Waals surface area contributed by atoms with E-state index in [2.05, 4.69) is 10.3 Å². The Morgan fingerprint density at radius 3 is 2.42 bits per heavy atom. The fourth-order valence-electron chi connectivity index (χ4n) is 3.27. The van der Waals surface area contributed by atoms with Gasteiger partial charge in [0, 0.05) is 11.8 Å². The van der Waals surface area contributed by atoms with E-state index in [-0.39, 0.29) is 17.5 Å². The lowest BCUT2D eigenvalue weighted by Gasteiger charge is -2.21. The lowest BCUT2D eigenvalue weighted by atomic mass is 10.1. The summed E-state index contributed by atoms with van der Waals surface area (Å²) in [5, 5.41) is 2.63. The summed E-state index contributed by atoms with van der Waals surface area (Å²) in [5.74, 6) is 0.152. The first-order valence-electron chi connectivity index (χ1n) is 9.32. The highest BCUT2D eigenvalue weighted by molar-refractivity contribution is 5.95. The number of benzene rings is 2. The monoisotopic (exact) mass is 435 g/mol. The lowest BCUT2D eigenvalue weighted by molar-refractivity contribution is -0.142. The minimum absolute atomic E-state index is 0.0354. The zero-order valence-electron chi connectivity index (χ0n) is 17.0. The molecule has 3 rings (SSSR count). The van der Waals surface area contributed by atoms with Gasteiger partial charge < -0.3 is 14.8 Å². The number of carbonyl (C=O) groups is 1. The molecule has 1 amide bonds. The number of aromatic nitrogens is 2. The highest BCUT2D eigenvalue weighted by atomic mass is 19.4. The van der Waals surface area contributed by atoms with Crippen LogP contribution in [0.25, 0.3) is 11.0 Å². The molecule has 0 saturated carbocycles. The van der Waals surface area contributed by atoms with Crippen LogP contribution in [-0.2, 0) is 11.0 Å². The van der Waals surface area contributed by atoms with E-state index in [1.165, 1.54) is 38.5 Å². The second kappa shape index (κ2) is 8.66. The third kappa shape index (κ3) is 4.32. The summed E-state index contributed by atoms with van der Waals surface area (Å²) in [4.78, 5) is 29.2. The van der Waals surface area contributed by atoms with Gasteiger partial charge in [0.15, 0.2) is 11.5 Å². The third-order valence-electron chi connectivity index (χ3n) is 4.72. The van der Waals surface area contributed by atoms with Gasteiger partial charge in [0.25, 0.3) is 5.56 Å². The average Bonchev–Trinajstić information content (AvgIpc) is 2.74. The molecule has 0 saturated heterocycles. The maximum atomic E-state index is 13.4. The van der Waals surface area contributed by atoms with Gasteiger partial charge in [-0.25, -0.2) is 4.98 Å². The van der Waals surface area contributed by atoms with Gasteiger partial charge in [-0.15, -0.1) is 0 Å². The number of halogens is 3. The van der Waals surface area contributed by atoms with Gasteiger partial charge in [0.05, 0.1) is 25.3 Å². The van der Waals surface area contributed by atoms with Crippen LogP contribution >= 0.6 is 0 Å². The predicted molar refractivity (Wildman–Crippen MR) is 109 cm³/mol. The zero-order chi connectivity index (χ0) is 22.8. The Hall–Kier alpha value is -3.56. The van der Waals surface area contributed by atoms with E-state index in [9.17, 15) is 22.8 Å². The molecule has 0 aliphatic rings. The smallest absolute Gasteiger partial charge is 0.438 e. The first kappa shape index (κ1) is 22.1. The van der Waals surface area contributed by atoms with Gasteiger partial charge in [-0.2, -0.15) is 13.2 Å². The van der Waals surface area contributed by atoms with Crippen LogP contribution in [-0.4, -0.2) is 29.7 Å². The molecular formula is C21H20F3N3O4. The van der Waals surface area contributed by atoms with Crippen LogP contribution in [0.3, 0.4) is 0 Å². The normalized spacial score (nSPS) is 12.5. The van der Waals surface area contributed by atoms with Gasteiger partial charge in [0.2, 0.25) is 11.6 Å². The number of ether oxygens (including phenoxy) is 2. The zero-order valence-corrected chi connectivity index (χ0v) is 17.0. The molecule has 31 heavy (non-hydrogen) atoms. The molecule has 1 unspecified atom stereocenters. The largest absolute Gasteiger partial charge is 0.493 e. The molecule has 0 aliphatic heterocycles. The molecule has 1 atom stereocenters. The van der Waals surface area contributed by atoms with Gasteiger partial charge in [-0.1, -0.05) is 19.1 Å². The molecule has 0 radical (unpaired) electrons. The Morgan fingerprint density at radius 1 is 1.13 bits per heavy atom. The van der Waals surface area contributed by atoms with Crippen LogP contribution in [0.4, 0.5) is 18.9 Å². The van der Waals surface area contributed by atoms with E-state index in [1.54, 1.807) is 25.1 Å². The quantitative estimate of drug-likeness (QED) is 0.632.